The zero-order valence-electron chi connectivity index (χ0n) is 8.91. The van der Waals surface area contributed by atoms with Gasteiger partial charge >= 0.3 is 0 Å². The summed E-state index contributed by atoms with van der Waals surface area (Å²) < 4.78 is 5.25. The van der Waals surface area contributed by atoms with Crippen LogP contribution in [0.15, 0.2) is 23.2 Å². The van der Waals surface area contributed by atoms with E-state index in [0.717, 1.165) is 29.7 Å². The molecule has 1 aromatic rings. The van der Waals surface area contributed by atoms with Crippen LogP contribution in [0, 0.1) is 6.92 Å². The maximum absolute atomic E-state index is 10.3. The summed E-state index contributed by atoms with van der Waals surface area (Å²) in [6.07, 6.45) is 3.51. The van der Waals surface area contributed by atoms with E-state index in [9.17, 15) is 4.79 Å². The Morgan fingerprint density at radius 2 is 2.20 bits per heavy atom. The maximum atomic E-state index is 10.3. The lowest BCUT2D eigenvalue weighted by molar-refractivity contribution is 0.410. The third-order valence-corrected chi connectivity index (χ3v) is 2.93. The highest BCUT2D eigenvalue weighted by atomic mass is 16.5. The number of methoxy groups -OCH3 is 1. The number of aryl methyl sites for hydroxylation is 1. The third-order valence-electron chi connectivity index (χ3n) is 2.93. The van der Waals surface area contributed by atoms with E-state index in [4.69, 9.17) is 4.74 Å². The summed E-state index contributed by atoms with van der Waals surface area (Å²) in [4.78, 5) is 14.2. The van der Waals surface area contributed by atoms with E-state index in [1.807, 2.05) is 25.1 Å². The molecule has 0 spiro atoms. The van der Waals surface area contributed by atoms with Gasteiger partial charge in [-0.3, -0.25) is 0 Å². The minimum Gasteiger partial charge on any atom is -0.496 e. The standard InChI is InChI=1S/C12H13NO2/c1-9-3-4-10(7-11(9)15-2)12(5-6-12)13-8-14/h3-4,7H,5-6H2,1-2H3. The summed E-state index contributed by atoms with van der Waals surface area (Å²) in [5, 5.41) is 0. The summed E-state index contributed by atoms with van der Waals surface area (Å²) in [5.74, 6) is 0.847. The van der Waals surface area contributed by atoms with Gasteiger partial charge in [0.05, 0.1) is 12.6 Å². The molecule has 0 N–H and O–H groups in total. The molecule has 78 valence electrons. The van der Waals surface area contributed by atoms with Crippen LogP contribution in [0.25, 0.3) is 0 Å². The Hall–Kier alpha value is -1.60. The lowest BCUT2D eigenvalue weighted by Gasteiger charge is -2.11. The highest BCUT2D eigenvalue weighted by Crippen LogP contribution is 2.49. The fraction of sp³-hybridized carbons (Fsp3) is 0.417. The second-order valence-electron chi connectivity index (χ2n) is 3.92. The van der Waals surface area contributed by atoms with Gasteiger partial charge in [0, 0.05) is 0 Å². The van der Waals surface area contributed by atoms with Gasteiger partial charge < -0.3 is 4.74 Å². The van der Waals surface area contributed by atoms with Crippen molar-refractivity contribution in [1.29, 1.82) is 0 Å². The SMILES string of the molecule is COc1cc(C2(N=C=O)CC2)ccc1C. The van der Waals surface area contributed by atoms with Gasteiger partial charge in [-0.15, -0.1) is 0 Å². The second kappa shape index (κ2) is 3.52. The van der Waals surface area contributed by atoms with Crippen LogP contribution in [-0.2, 0) is 10.3 Å². The molecule has 0 saturated heterocycles. The minimum absolute atomic E-state index is 0.303. The van der Waals surface area contributed by atoms with Crippen molar-refractivity contribution in [2.75, 3.05) is 7.11 Å². The van der Waals surface area contributed by atoms with Gasteiger partial charge in [0.15, 0.2) is 0 Å². The van der Waals surface area contributed by atoms with Gasteiger partial charge in [-0.05, 0) is 37.0 Å². The largest absolute Gasteiger partial charge is 0.496 e. The molecule has 0 unspecified atom stereocenters. The average molecular weight is 203 g/mol. The van der Waals surface area contributed by atoms with Crippen LogP contribution in [0.1, 0.15) is 24.0 Å². The molecule has 1 fully saturated rings. The number of rotatable bonds is 3. The molecule has 0 radical (unpaired) electrons. The quantitative estimate of drug-likeness (QED) is 0.558. The molecule has 15 heavy (non-hydrogen) atoms. The molecule has 0 heterocycles. The smallest absolute Gasteiger partial charge is 0.235 e. The van der Waals surface area contributed by atoms with E-state index in [-0.39, 0.29) is 5.54 Å². The van der Waals surface area contributed by atoms with Gasteiger partial charge in [-0.2, -0.15) is 4.99 Å². The second-order valence-corrected chi connectivity index (χ2v) is 3.92. The van der Waals surface area contributed by atoms with Crippen LogP contribution >= 0.6 is 0 Å². The fourth-order valence-corrected chi connectivity index (χ4v) is 1.78. The average Bonchev–Trinajstić information content (AvgIpc) is 3.00. The number of ether oxygens (including phenoxy) is 1. The number of hydrogen-bond acceptors (Lipinski definition) is 3. The van der Waals surface area contributed by atoms with E-state index >= 15 is 0 Å². The van der Waals surface area contributed by atoms with E-state index in [2.05, 4.69) is 4.99 Å². The van der Waals surface area contributed by atoms with Crippen LogP contribution in [0.5, 0.6) is 5.75 Å². The van der Waals surface area contributed by atoms with Crippen molar-refractivity contribution in [2.45, 2.75) is 25.3 Å². The first-order valence-electron chi connectivity index (χ1n) is 4.96. The lowest BCUT2D eigenvalue weighted by Crippen LogP contribution is -2.03. The Morgan fingerprint density at radius 3 is 2.73 bits per heavy atom. The molecule has 2 rings (SSSR count). The zero-order chi connectivity index (χ0) is 10.9. The predicted octanol–water partition coefficient (Wildman–Crippen LogP) is 2.33. The maximum Gasteiger partial charge on any atom is 0.235 e. The van der Waals surface area contributed by atoms with Crippen LogP contribution in [0.4, 0.5) is 0 Å². The molecule has 0 bridgehead atoms. The summed E-state index contributed by atoms with van der Waals surface area (Å²) in [5.41, 5.74) is 1.84. The molecule has 3 heteroatoms. The summed E-state index contributed by atoms with van der Waals surface area (Å²) >= 11 is 0. The van der Waals surface area contributed by atoms with Crippen molar-refractivity contribution in [3.63, 3.8) is 0 Å². The van der Waals surface area contributed by atoms with Gasteiger partial charge in [-0.25, -0.2) is 4.79 Å². The molecule has 1 saturated carbocycles. The molecule has 3 nitrogen and oxygen atoms in total. The highest BCUT2D eigenvalue weighted by molar-refractivity contribution is 5.45. The third kappa shape index (κ3) is 1.66. The minimum atomic E-state index is -0.303. The number of carbonyl (C=O) groups excluding carboxylic acids is 1. The summed E-state index contributed by atoms with van der Waals surface area (Å²) in [6.45, 7) is 1.99. The molecule has 0 aliphatic heterocycles. The van der Waals surface area contributed by atoms with E-state index in [0.29, 0.717) is 0 Å². The van der Waals surface area contributed by atoms with Crippen LogP contribution < -0.4 is 4.74 Å². The van der Waals surface area contributed by atoms with Crippen LogP contribution in [0.3, 0.4) is 0 Å². The Kier molecular flexibility index (Phi) is 2.33. The van der Waals surface area contributed by atoms with Crippen LogP contribution in [0.2, 0.25) is 0 Å². The predicted molar refractivity (Wildman–Crippen MR) is 56.8 cm³/mol. The first-order chi connectivity index (χ1) is 7.22. The number of isocyanates is 1. The molecular formula is C12H13NO2. The topological polar surface area (TPSA) is 38.7 Å². The first-order valence-corrected chi connectivity index (χ1v) is 4.96. The zero-order valence-corrected chi connectivity index (χ0v) is 8.91. The first kappa shape index (κ1) is 9.94. The van der Waals surface area contributed by atoms with E-state index < -0.39 is 0 Å². The monoisotopic (exact) mass is 203 g/mol. The molecular weight excluding hydrogens is 190 g/mol. The summed E-state index contributed by atoms with van der Waals surface area (Å²) in [7, 11) is 1.65. The molecule has 0 atom stereocenters. The van der Waals surface area contributed by atoms with Gasteiger partial charge in [0.1, 0.15) is 5.75 Å². The fourth-order valence-electron chi connectivity index (χ4n) is 1.78. The van der Waals surface area contributed by atoms with Gasteiger partial charge in [0.2, 0.25) is 6.08 Å². The van der Waals surface area contributed by atoms with E-state index in [1.165, 1.54) is 0 Å². The number of benzene rings is 1. The van der Waals surface area contributed by atoms with Crippen molar-refractivity contribution in [3.8, 4) is 5.75 Å². The van der Waals surface area contributed by atoms with Crippen molar-refractivity contribution in [3.05, 3.63) is 29.3 Å². The Labute approximate surface area is 88.8 Å². The lowest BCUT2D eigenvalue weighted by atomic mass is 10.0. The number of aliphatic imine (C=N–C) groups is 1. The van der Waals surface area contributed by atoms with Crippen LogP contribution in [-0.4, -0.2) is 13.2 Å². The highest BCUT2D eigenvalue weighted by Gasteiger charge is 2.45. The van der Waals surface area contributed by atoms with Gasteiger partial charge in [0.25, 0.3) is 0 Å². The normalized spacial score (nSPS) is 16.7. The van der Waals surface area contributed by atoms with Crippen molar-refractivity contribution in [2.24, 2.45) is 4.99 Å². The van der Waals surface area contributed by atoms with Crippen molar-refractivity contribution >= 4 is 6.08 Å². The molecule has 0 amide bonds. The molecule has 1 aromatic carbocycles. The van der Waals surface area contributed by atoms with E-state index in [1.54, 1.807) is 13.2 Å². The molecule has 1 aliphatic rings. The summed E-state index contributed by atoms with van der Waals surface area (Å²) in [6, 6.07) is 5.96. The van der Waals surface area contributed by atoms with Gasteiger partial charge in [-0.1, -0.05) is 12.1 Å². The Morgan fingerprint density at radius 1 is 1.47 bits per heavy atom. The Bertz CT molecular complexity index is 429. The van der Waals surface area contributed by atoms with Crippen molar-refractivity contribution in [1.82, 2.24) is 0 Å². The van der Waals surface area contributed by atoms with Crippen molar-refractivity contribution < 1.29 is 9.53 Å². The molecule has 1 aliphatic carbocycles. The Balaban J connectivity index is 2.41. The molecule has 0 aromatic heterocycles. The number of nitrogens with zero attached hydrogens (tertiary/aromatic N) is 1. The number of hydrogen-bond donors (Lipinski definition) is 0.